The minimum Gasteiger partial charge on any atom is -0.382 e. The second-order valence-electron chi connectivity index (χ2n) is 2.07. The second-order valence-corrected chi connectivity index (χ2v) is 3.63. The van der Waals surface area contributed by atoms with Crippen molar-refractivity contribution in [2.75, 3.05) is 13.7 Å². The zero-order chi connectivity index (χ0) is 10.5. The number of phosphoric acid groups is 1. The van der Waals surface area contributed by atoms with Gasteiger partial charge in [0, 0.05) is 7.11 Å². The molecule has 2 N–H and O–H groups in total. The van der Waals surface area contributed by atoms with E-state index in [9.17, 15) is 9.36 Å². The SMILES string of the molecule is C=CC(=O)C(O)COP(=O)(O)OC. The Morgan fingerprint density at radius 2 is 2.31 bits per heavy atom. The van der Waals surface area contributed by atoms with Gasteiger partial charge in [-0.2, -0.15) is 0 Å². The van der Waals surface area contributed by atoms with Crippen LogP contribution in [-0.2, 0) is 18.4 Å². The molecule has 0 rings (SSSR count). The van der Waals surface area contributed by atoms with Gasteiger partial charge in [0.1, 0.15) is 6.10 Å². The van der Waals surface area contributed by atoms with Crippen LogP contribution in [0.3, 0.4) is 0 Å². The maximum absolute atomic E-state index is 10.7. The molecule has 0 aliphatic rings. The third-order valence-electron chi connectivity index (χ3n) is 1.16. The van der Waals surface area contributed by atoms with E-state index in [0.717, 1.165) is 13.2 Å². The molecular weight excluding hydrogens is 199 g/mol. The van der Waals surface area contributed by atoms with E-state index < -0.39 is 26.3 Å². The molecule has 0 spiro atoms. The zero-order valence-corrected chi connectivity index (χ0v) is 7.94. The van der Waals surface area contributed by atoms with Gasteiger partial charge in [-0.25, -0.2) is 4.57 Å². The third kappa shape index (κ3) is 4.92. The lowest BCUT2D eigenvalue weighted by Crippen LogP contribution is -2.23. The van der Waals surface area contributed by atoms with Gasteiger partial charge < -0.3 is 10.00 Å². The quantitative estimate of drug-likeness (QED) is 0.468. The van der Waals surface area contributed by atoms with Crippen LogP contribution in [0.4, 0.5) is 0 Å². The first-order valence-corrected chi connectivity index (χ1v) is 4.80. The van der Waals surface area contributed by atoms with Gasteiger partial charge in [0.15, 0.2) is 5.78 Å². The van der Waals surface area contributed by atoms with Crippen LogP contribution in [0.25, 0.3) is 0 Å². The minimum atomic E-state index is -4.12. The largest absolute Gasteiger partial charge is 0.472 e. The summed E-state index contributed by atoms with van der Waals surface area (Å²) in [4.78, 5) is 19.3. The number of hydrogen-bond donors (Lipinski definition) is 2. The Morgan fingerprint density at radius 1 is 1.77 bits per heavy atom. The smallest absolute Gasteiger partial charge is 0.382 e. The highest BCUT2D eigenvalue weighted by Gasteiger charge is 2.22. The average Bonchev–Trinajstić information content (AvgIpc) is 2.13. The summed E-state index contributed by atoms with van der Waals surface area (Å²) in [5.74, 6) is -0.684. The van der Waals surface area contributed by atoms with E-state index in [2.05, 4.69) is 15.6 Å². The summed E-state index contributed by atoms with van der Waals surface area (Å²) in [7, 11) is -3.15. The van der Waals surface area contributed by atoms with Crippen LogP contribution in [0.5, 0.6) is 0 Å². The predicted molar refractivity (Wildman–Crippen MR) is 44.0 cm³/mol. The third-order valence-corrected chi connectivity index (χ3v) is 2.09. The first-order valence-electron chi connectivity index (χ1n) is 3.30. The molecular formula is C6H11O6P. The van der Waals surface area contributed by atoms with Gasteiger partial charge in [0.2, 0.25) is 0 Å². The van der Waals surface area contributed by atoms with Gasteiger partial charge >= 0.3 is 7.82 Å². The van der Waals surface area contributed by atoms with Crippen molar-refractivity contribution < 1.29 is 28.4 Å². The summed E-state index contributed by atoms with van der Waals surface area (Å²) >= 11 is 0. The van der Waals surface area contributed by atoms with E-state index in [-0.39, 0.29) is 0 Å². The number of aliphatic hydroxyl groups is 1. The molecule has 0 aliphatic carbocycles. The summed E-state index contributed by atoms with van der Waals surface area (Å²) in [6.45, 7) is 2.51. The Hall–Kier alpha value is -0.520. The van der Waals surface area contributed by atoms with Gasteiger partial charge in [-0.05, 0) is 6.08 Å². The molecule has 0 amide bonds. The molecule has 2 atom stereocenters. The maximum Gasteiger partial charge on any atom is 0.472 e. The molecule has 0 saturated heterocycles. The standard InChI is InChI=1S/C6H11O6P/c1-3-5(7)6(8)4-12-13(9,10)11-2/h3,6,8H,1,4H2,2H3,(H,9,10). The predicted octanol–water partition coefficient (Wildman–Crippen LogP) is -0.134. The lowest BCUT2D eigenvalue weighted by atomic mass is 10.2. The first kappa shape index (κ1) is 12.5. The van der Waals surface area contributed by atoms with Crippen molar-refractivity contribution in [1.82, 2.24) is 0 Å². The molecule has 0 saturated carbocycles. The molecule has 0 bridgehead atoms. The van der Waals surface area contributed by atoms with Crippen molar-refractivity contribution in [3.8, 4) is 0 Å². The first-order chi connectivity index (χ1) is 5.93. The Kier molecular flexibility index (Phi) is 5.05. The van der Waals surface area contributed by atoms with Crippen molar-refractivity contribution in [3.63, 3.8) is 0 Å². The fraction of sp³-hybridized carbons (Fsp3) is 0.500. The molecule has 76 valence electrons. The molecule has 0 aromatic carbocycles. The van der Waals surface area contributed by atoms with Crippen molar-refractivity contribution >= 4 is 13.6 Å². The van der Waals surface area contributed by atoms with E-state index >= 15 is 0 Å². The summed E-state index contributed by atoms with van der Waals surface area (Å²) in [5.41, 5.74) is 0. The van der Waals surface area contributed by atoms with Crippen LogP contribution in [0.1, 0.15) is 0 Å². The lowest BCUT2D eigenvalue weighted by molar-refractivity contribution is -0.123. The Bertz CT molecular complexity index is 237. The molecule has 0 aromatic heterocycles. The number of carbonyl (C=O) groups excluding carboxylic acids is 1. The Balaban J connectivity index is 3.96. The molecule has 0 heterocycles. The maximum atomic E-state index is 10.7. The lowest BCUT2D eigenvalue weighted by Gasteiger charge is -2.11. The Morgan fingerprint density at radius 3 is 2.69 bits per heavy atom. The van der Waals surface area contributed by atoms with Crippen LogP contribution < -0.4 is 0 Å². The van der Waals surface area contributed by atoms with Gasteiger partial charge in [-0.15, -0.1) is 0 Å². The van der Waals surface area contributed by atoms with Crippen LogP contribution in [0, 0.1) is 0 Å². The Labute approximate surface area is 75.4 Å². The average molecular weight is 210 g/mol. The second kappa shape index (κ2) is 5.26. The van der Waals surface area contributed by atoms with E-state index in [1.54, 1.807) is 0 Å². The van der Waals surface area contributed by atoms with Crippen LogP contribution >= 0.6 is 7.82 Å². The zero-order valence-electron chi connectivity index (χ0n) is 7.04. The van der Waals surface area contributed by atoms with E-state index in [0.29, 0.717) is 0 Å². The minimum absolute atomic E-state index is 0.605. The summed E-state index contributed by atoms with van der Waals surface area (Å²) < 4.78 is 18.9. The summed E-state index contributed by atoms with van der Waals surface area (Å²) in [6, 6.07) is 0. The van der Waals surface area contributed by atoms with Crippen LogP contribution in [0.2, 0.25) is 0 Å². The molecule has 0 aromatic rings. The monoisotopic (exact) mass is 210 g/mol. The normalized spacial score (nSPS) is 17.5. The fourth-order valence-electron chi connectivity index (χ4n) is 0.436. The van der Waals surface area contributed by atoms with Crippen molar-refractivity contribution in [2.45, 2.75) is 6.10 Å². The van der Waals surface area contributed by atoms with E-state index in [4.69, 9.17) is 10.00 Å². The van der Waals surface area contributed by atoms with Gasteiger partial charge in [0.05, 0.1) is 6.61 Å². The number of carbonyl (C=O) groups is 1. The number of phosphoric ester groups is 1. The van der Waals surface area contributed by atoms with Crippen molar-refractivity contribution in [1.29, 1.82) is 0 Å². The summed E-state index contributed by atoms with van der Waals surface area (Å²) in [5, 5.41) is 8.94. The topological polar surface area (TPSA) is 93.1 Å². The summed E-state index contributed by atoms with van der Waals surface area (Å²) in [6.07, 6.45) is -0.600. The highest BCUT2D eigenvalue weighted by molar-refractivity contribution is 7.47. The molecule has 6 nitrogen and oxygen atoms in total. The van der Waals surface area contributed by atoms with Gasteiger partial charge in [0.25, 0.3) is 0 Å². The number of hydrogen-bond acceptors (Lipinski definition) is 5. The number of ketones is 1. The molecule has 0 aliphatic heterocycles. The molecule has 2 unspecified atom stereocenters. The highest BCUT2D eigenvalue weighted by Crippen LogP contribution is 2.41. The van der Waals surface area contributed by atoms with Crippen molar-refractivity contribution in [2.24, 2.45) is 0 Å². The molecule has 0 fully saturated rings. The van der Waals surface area contributed by atoms with Gasteiger partial charge in [-0.1, -0.05) is 6.58 Å². The number of rotatable bonds is 6. The van der Waals surface area contributed by atoms with Crippen LogP contribution in [0.15, 0.2) is 12.7 Å². The fourth-order valence-corrected chi connectivity index (χ4v) is 0.871. The van der Waals surface area contributed by atoms with E-state index in [1.807, 2.05) is 0 Å². The molecule has 0 radical (unpaired) electrons. The van der Waals surface area contributed by atoms with E-state index in [1.165, 1.54) is 0 Å². The van der Waals surface area contributed by atoms with Gasteiger partial charge in [-0.3, -0.25) is 13.8 Å². The van der Waals surface area contributed by atoms with Crippen molar-refractivity contribution in [3.05, 3.63) is 12.7 Å². The molecule has 7 heteroatoms. The number of aliphatic hydroxyl groups excluding tert-OH is 1. The molecule has 13 heavy (non-hydrogen) atoms. The highest BCUT2D eigenvalue weighted by atomic mass is 31.2. The van der Waals surface area contributed by atoms with Crippen LogP contribution in [-0.4, -0.2) is 35.6 Å².